The number of carboxylic acid groups (broad SMARTS) is 1. The van der Waals surface area contributed by atoms with Crippen molar-refractivity contribution >= 4 is 11.9 Å². The normalized spacial score (nSPS) is 17.5. The molecule has 2 heterocycles. The third-order valence-corrected chi connectivity index (χ3v) is 4.35. The van der Waals surface area contributed by atoms with E-state index in [1.165, 1.54) is 4.90 Å². The van der Waals surface area contributed by atoms with Crippen molar-refractivity contribution in [3.63, 3.8) is 0 Å². The summed E-state index contributed by atoms with van der Waals surface area (Å²) < 4.78 is 1.77. The molecule has 0 spiro atoms. The van der Waals surface area contributed by atoms with Gasteiger partial charge in [0, 0.05) is 12.2 Å². The molecule has 6 heteroatoms. The third kappa shape index (κ3) is 2.91. The Hall–Kier alpha value is -2.63. The van der Waals surface area contributed by atoms with E-state index in [1.807, 2.05) is 44.2 Å². The average molecular weight is 327 g/mol. The fraction of sp³-hybridized carbons (Fsp3) is 0.389. The Morgan fingerprint density at radius 3 is 2.58 bits per heavy atom. The van der Waals surface area contributed by atoms with Gasteiger partial charge in [-0.15, -0.1) is 0 Å². The summed E-state index contributed by atoms with van der Waals surface area (Å²) in [6, 6.07) is 10.7. The smallest absolute Gasteiger partial charge is 0.326 e. The summed E-state index contributed by atoms with van der Waals surface area (Å²) >= 11 is 0. The Kier molecular flexibility index (Phi) is 4.38. The number of likely N-dealkylation sites (tertiary alicyclic amines) is 1. The van der Waals surface area contributed by atoms with Gasteiger partial charge in [-0.25, -0.2) is 9.48 Å². The average Bonchev–Trinajstić information content (AvgIpc) is 3.22. The number of para-hydroxylation sites is 1. The topological polar surface area (TPSA) is 75.4 Å². The number of hydrogen-bond donors (Lipinski definition) is 1. The van der Waals surface area contributed by atoms with Gasteiger partial charge in [0.1, 0.15) is 6.04 Å². The fourth-order valence-electron chi connectivity index (χ4n) is 3.10. The lowest BCUT2D eigenvalue weighted by Crippen LogP contribution is -2.40. The molecule has 1 aromatic carbocycles. The number of carboxylic acids is 1. The molecule has 1 fully saturated rings. The summed E-state index contributed by atoms with van der Waals surface area (Å²) in [5.74, 6) is -1.07. The SMILES string of the molecule is CC(C)c1cc(C(=O)N2CCC[C@@H]2C(=O)O)nn1-c1ccccc1. The number of rotatable bonds is 4. The first kappa shape index (κ1) is 16.2. The van der Waals surface area contributed by atoms with Crippen LogP contribution in [0.5, 0.6) is 0 Å². The van der Waals surface area contributed by atoms with Crippen LogP contribution in [0.1, 0.15) is 48.8 Å². The van der Waals surface area contributed by atoms with Crippen molar-refractivity contribution in [3.05, 3.63) is 47.8 Å². The lowest BCUT2D eigenvalue weighted by Gasteiger charge is -2.20. The van der Waals surface area contributed by atoms with Crippen LogP contribution in [-0.2, 0) is 4.79 Å². The second kappa shape index (κ2) is 6.47. The molecule has 126 valence electrons. The van der Waals surface area contributed by atoms with Crippen molar-refractivity contribution in [1.82, 2.24) is 14.7 Å². The van der Waals surface area contributed by atoms with Crippen LogP contribution in [0.4, 0.5) is 0 Å². The highest BCUT2D eigenvalue weighted by Crippen LogP contribution is 2.24. The van der Waals surface area contributed by atoms with Crippen LogP contribution in [0, 0.1) is 0 Å². The number of benzene rings is 1. The Bertz CT molecular complexity index is 752. The molecule has 0 aliphatic carbocycles. The molecule has 1 aliphatic heterocycles. The molecule has 0 bridgehead atoms. The molecule has 0 unspecified atom stereocenters. The molecule has 1 aromatic heterocycles. The summed E-state index contributed by atoms with van der Waals surface area (Å²) in [6.45, 7) is 4.55. The molecule has 0 radical (unpaired) electrons. The minimum Gasteiger partial charge on any atom is -0.480 e. The molecule has 1 amide bonds. The van der Waals surface area contributed by atoms with Crippen LogP contribution >= 0.6 is 0 Å². The van der Waals surface area contributed by atoms with Gasteiger partial charge in [0.15, 0.2) is 5.69 Å². The maximum Gasteiger partial charge on any atom is 0.326 e. The summed E-state index contributed by atoms with van der Waals surface area (Å²) in [5.41, 5.74) is 2.11. The van der Waals surface area contributed by atoms with E-state index in [2.05, 4.69) is 5.10 Å². The first-order chi connectivity index (χ1) is 11.5. The first-order valence-corrected chi connectivity index (χ1v) is 8.18. The minimum absolute atomic E-state index is 0.188. The molecular weight excluding hydrogens is 306 g/mol. The fourth-order valence-corrected chi connectivity index (χ4v) is 3.10. The molecule has 2 aromatic rings. The molecule has 1 aliphatic rings. The van der Waals surface area contributed by atoms with Crippen molar-refractivity contribution in [2.24, 2.45) is 0 Å². The zero-order valence-electron chi connectivity index (χ0n) is 13.8. The number of carbonyl (C=O) groups is 2. The van der Waals surface area contributed by atoms with Gasteiger partial charge in [0.25, 0.3) is 5.91 Å². The lowest BCUT2D eigenvalue weighted by molar-refractivity contribution is -0.141. The highest BCUT2D eigenvalue weighted by molar-refractivity contribution is 5.95. The summed E-state index contributed by atoms with van der Waals surface area (Å²) in [6.07, 6.45) is 1.21. The summed E-state index contributed by atoms with van der Waals surface area (Å²) in [5, 5.41) is 13.8. The number of aliphatic carboxylic acids is 1. The zero-order chi connectivity index (χ0) is 17.3. The van der Waals surface area contributed by atoms with E-state index in [0.29, 0.717) is 25.1 Å². The van der Waals surface area contributed by atoms with Crippen molar-refractivity contribution in [2.45, 2.75) is 38.6 Å². The predicted octanol–water partition coefficient (Wildman–Crippen LogP) is 2.68. The van der Waals surface area contributed by atoms with Gasteiger partial charge in [-0.3, -0.25) is 4.79 Å². The van der Waals surface area contributed by atoms with Gasteiger partial charge >= 0.3 is 5.97 Å². The van der Waals surface area contributed by atoms with Gasteiger partial charge in [-0.1, -0.05) is 32.0 Å². The maximum atomic E-state index is 12.8. The van der Waals surface area contributed by atoms with Crippen molar-refractivity contribution in [2.75, 3.05) is 6.54 Å². The van der Waals surface area contributed by atoms with Crippen LogP contribution < -0.4 is 0 Å². The molecule has 3 rings (SSSR count). The van der Waals surface area contributed by atoms with Crippen LogP contribution in [0.15, 0.2) is 36.4 Å². The van der Waals surface area contributed by atoms with Crippen LogP contribution in [0.25, 0.3) is 5.69 Å². The Labute approximate surface area is 140 Å². The minimum atomic E-state index is -0.951. The van der Waals surface area contributed by atoms with E-state index in [9.17, 15) is 14.7 Å². The van der Waals surface area contributed by atoms with Crippen LogP contribution in [0.3, 0.4) is 0 Å². The van der Waals surface area contributed by atoms with E-state index < -0.39 is 12.0 Å². The standard InChI is InChI=1S/C18H21N3O3/c1-12(2)16-11-14(19-21(16)13-7-4-3-5-8-13)17(22)20-10-6-9-15(20)18(23)24/h3-5,7-8,11-12,15H,6,9-10H2,1-2H3,(H,23,24)/t15-/m1/s1. The van der Waals surface area contributed by atoms with E-state index in [1.54, 1.807) is 10.7 Å². The number of aromatic nitrogens is 2. The van der Waals surface area contributed by atoms with Crippen molar-refractivity contribution < 1.29 is 14.7 Å². The largest absolute Gasteiger partial charge is 0.480 e. The van der Waals surface area contributed by atoms with Crippen LogP contribution in [-0.4, -0.2) is 44.3 Å². The van der Waals surface area contributed by atoms with E-state index >= 15 is 0 Å². The molecular formula is C18H21N3O3. The van der Waals surface area contributed by atoms with Crippen LogP contribution in [0.2, 0.25) is 0 Å². The quantitative estimate of drug-likeness (QED) is 0.937. The second-order valence-electron chi connectivity index (χ2n) is 6.35. The molecule has 24 heavy (non-hydrogen) atoms. The number of amides is 1. The first-order valence-electron chi connectivity index (χ1n) is 8.18. The summed E-state index contributed by atoms with van der Waals surface area (Å²) in [7, 11) is 0. The van der Waals surface area contributed by atoms with Crippen molar-refractivity contribution in [3.8, 4) is 5.69 Å². The van der Waals surface area contributed by atoms with Gasteiger partial charge in [0.05, 0.1) is 5.69 Å². The lowest BCUT2D eigenvalue weighted by atomic mass is 10.1. The molecule has 1 saturated heterocycles. The number of carbonyl (C=O) groups excluding carboxylic acids is 1. The highest BCUT2D eigenvalue weighted by Gasteiger charge is 2.35. The maximum absolute atomic E-state index is 12.8. The zero-order valence-corrected chi connectivity index (χ0v) is 13.8. The molecule has 1 atom stereocenters. The van der Waals surface area contributed by atoms with Gasteiger partial charge in [0.2, 0.25) is 0 Å². The monoisotopic (exact) mass is 327 g/mol. The Morgan fingerprint density at radius 2 is 1.96 bits per heavy atom. The second-order valence-corrected chi connectivity index (χ2v) is 6.35. The van der Waals surface area contributed by atoms with Crippen molar-refractivity contribution in [1.29, 1.82) is 0 Å². The van der Waals surface area contributed by atoms with Gasteiger partial charge < -0.3 is 10.0 Å². The van der Waals surface area contributed by atoms with Gasteiger partial charge in [-0.2, -0.15) is 5.10 Å². The molecule has 1 N–H and O–H groups in total. The molecule has 0 saturated carbocycles. The highest BCUT2D eigenvalue weighted by atomic mass is 16.4. The predicted molar refractivity (Wildman–Crippen MR) is 89.3 cm³/mol. The van der Waals surface area contributed by atoms with Gasteiger partial charge in [-0.05, 0) is 37.0 Å². The third-order valence-electron chi connectivity index (χ3n) is 4.35. The summed E-state index contributed by atoms with van der Waals surface area (Å²) in [4.78, 5) is 25.5. The van der Waals surface area contributed by atoms with E-state index in [4.69, 9.17) is 0 Å². The number of nitrogens with zero attached hydrogens (tertiary/aromatic N) is 3. The molecule has 6 nitrogen and oxygen atoms in total. The Morgan fingerprint density at radius 1 is 1.25 bits per heavy atom. The number of hydrogen-bond acceptors (Lipinski definition) is 3. The Balaban J connectivity index is 1.97. The van der Waals surface area contributed by atoms with E-state index in [-0.39, 0.29) is 11.8 Å². The van der Waals surface area contributed by atoms with E-state index in [0.717, 1.165) is 11.4 Å².